The molecule has 36 heavy (non-hydrogen) atoms. The zero-order chi connectivity index (χ0) is 27.1. The van der Waals surface area contributed by atoms with Gasteiger partial charge in [0.15, 0.2) is 0 Å². The van der Waals surface area contributed by atoms with E-state index in [1.54, 1.807) is 11.9 Å². The first-order valence-corrected chi connectivity index (χ1v) is 11.0. The second-order valence-corrected chi connectivity index (χ2v) is 8.70. The number of nitrogens with two attached hydrogens (primary N) is 1. The van der Waals surface area contributed by atoms with Crippen LogP contribution in [0, 0.1) is 16.6 Å². The van der Waals surface area contributed by atoms with Crippen LogP contribution in [-0.4, -0.2) is 24.5 Å². The molecular formula is C24H26F7N3O2. The van der Waals surface area contributed by atoms with Gasteiger partial charge < -0.3 is 10.6 Å². The summed E-state index contributed by atoms with van der Waals surface area (Å²) in [6, 6.07) is 7.36. The maximum Gasteiger partial charge on any atom is 0.416 e. The van der Waals surface area contributed by atoms with Crippen molar-refractivity contribution in [2.75, 3.05) is 13.6 Å². The molecule has 0 saturated heterocycles. The Bertz CT molecular complexity index is 992. The molecule has 0 bridgehead atoms. The molecule has 2 amide bonds. The smallest absolute Gasteiger partial charge is 0.351 e. The number of primary amides is 1. The molecule has 1 aliphatic carbocycles. The van der Waals surface area contributed by atoms with Crippen LogP contribution >= 0.6 is 0 Å². The van der Waals surface area contributed by atoms with Crippen molar-refractivity contribution in [1.29, 1.82) is 0 Å². The SMILES string of the molecule is CN(CC1CCCC(c2ccc(F)cc2)C1)C(N)=O.O=NCc1cc(C(F)(F)F)cc(C(F)(F)F)c1. The Kier molecular flexibility index (Phi) is 9.83. The van der Waals surface area contributed by atoms with E-state index in [4.69, 9.17) is 5.73 Å². The van der Waals surface area contributed by atoms with Gasteiger partial charge in [0.1, 0.15) is 12.4 Å². The Morgan fingerprint density at radius 3 is 2.03 bits per heavy atom. The monoisotopic (exact) mass is 521 g/mol. The highest BCUT2D eigenvalue weighted by atomic mass is 19.4. The zero-order valence-electron chi connectivity index (χ0n) is 19.4. The van der Waals surface area contributed by atoms with Gasteiger partial charge in [-0.15, -0.1) is 0 Å². The highest BCUT2D eigenvalue weighted by Crippen LogP contribution is 2.37. The highest BCUT2D eigenvalue weighted by Gasteiger charge is 2.36. The van der Waals surface area contributed by atoms with Gasteiger partial charge in [0.05, 0.1) is 11.1 Å². The molecule has 0 radical (unpaired) electrons. The van der Waals surface area contributed by atoms with E-state index in [2.05, 4.69) is 5.18 Å². The maximum atomic E-state index is 12.9. The van der Waals surface area contributed by atoms with Gasteiger partial charge in [-0.25, -0.2) is 9.18 Å². The lowest BCUT2D eigenvalue weighted by Crippen LogP contribution is -2.37. The van der Waals surface area contributed by atoms with Gasteiger partial charge in [0, 0.05) is 13.6 Å². The topological polar surface area (TPSA) is 75.8 Å². The summed E-state index contributed by atoms with van der Waals surface area (Å²) in [5, 5.41) is 2.27. The minimum Gasteiger partial charge on any atom is -0.351 e. The Morgan fingerprint density at radius 1 is 1.00 bits per heavy atom. The number of carbonyl (C=O) groups excluding carboxylic acids is 1. The van der Waals surface area contributed by atoms with Gasteiger partial charge in [-0.05, 0) is 72.6 Å². The van der Waals surface area contributed by atoms with Crippen LogP contribution in [0.25, 0.3) is 0 Å². The number of halogens is 7. The molecule has 2 aromatic rings. The summed E-state index contributed by atoms with van der Waals surface area (Å²) in [5.41, 5.74) is 3.13. The van der Waals surface area contributed by atoms with E-state index >= 15 is 0 Å². The van der Waals surface area contributed by atoms with Crippen molar-refractivity contribution in [3.63, 3.8) is 0 Å². The number of hydrogen-bond donors (Lipinski definition) is 1. The van der Waals surface area contributed by atoms with Crippen LogP contribution in [0.1, 0.15) is 53.9 Å². The van der Waals surface area contributed by atoms with E-state index in [0.717, 1.165) is 25.7 Å². The number of rotatable bonds is 5. The van der Waals surface area contributed by atoms with E-state index in [1.165, 1.54) is 17.7 Å². The summed E-state index contributed by atoms with van der Waals surface area (Å²) in [6.45, 7) is -0.0277. The number of amides is 2. The average Bonchev–Trinajstić information content (AvgIpc) is 2.79. The summed E-state index contributed by atoms with van der Waals surface area (Å²) in [6.07, 6.45) is -5.34. The number of alkyl halides is 6. The summed E-state index contributed by atoms with van der Waals surface area (Å²) in [7, 11) is 1.74. The zero-order valence-corrected chi connectivity index (χ0v) is 19.4. The molecule has 1 fully saturated rings. The summed E-state index contributed by atoms with van der Waals surface area (Å²) >= 11 is 0. The summed E-state index contributed by atoms with van der Waals surface area (Å²) < 4.78 is 86.7. The standard InChI is InChI=1S/C15H21FN2O.C9H5F6NO/c1-18(15(17)19)10-11-3-2-4-13(9-11)12-5-7-14(16)8-6-12;10-8(11,12)6-1-5(4-16-17)2-7(3-6)9(13,14)15/h5-8,11,13H,2-4,9-10H2,1H3,(H2,17,19);1-3H,4H2. The molecule has 5 nitrogen and oxygen atoms in total. The normalized spacial score (nSPS) is 18.1. The van der Waals surface area contributed by atoms with E-state index in [0.29, 0.717) is 30.5 Å². The average molecular weight is 521 g/mol. The van der Waals surface area contributed by atoms with Crippen LogP contribution in [0.15, 0.2) is 47.6 Å². The number of hydrogen-bond acceptors (Lipinski definition) is 3. The first-order chi connectivity index (χ1) is 16.7. The van der Waals surface area contributed by atoms with Crippen LogP contribution < -0.4 is 5.73 Å². The predicted molar refractivity (Wildman–Crippen MR) is 119 cm³/mol. The van der Waals surface area contributed by atoms with Gasteiger partial charge in [-0.2, -0.15) is 31.2 Å². The first-order valence-electron chi connectivity index (χ1n) is 11.0. The maximum absolute atomic E-state index is 12.9. The predicted octanol–water partition coefficient (Wildman–Crippen LogP) is 7.10. The van der Waals surface area contributed by atoms with E-state index < -0.39 is 35.6 Å². The number of nitroso groups, excluding NO2 is 1. The molecule has 0 spiro atoms. The molecule has 0 aliphatic heterocycles. The minimum atomic E-state index is -4.90. The molecule has 1 aliphatic rings. The third-order valence-electron chi connectivity index (χ3n) is 5.93. The van der Waals surface area contributed by atoms with Gasteiger partial charge in [-0.1, -0.05) is 23.7 Å². The molecule has 2 aromatic carbocycles. The Hall–Kier alpha value is -3.18. The van der Waals surface area contributed by atoms with Gasteiger partial charge in [0.25, 0.3) is 0 Å². The van der Waals surface area contributed by atoms with Gasteiger partial charge >= 0.3 is 18.4 Å². The summed E-state index contributed by atoms with van der Waals surface area (Å²) in [4.78, 5) is 22.5. The number of benzene rings is 2. The molecule has 2 unspecified atom stereocenters. The lowest BCUT2D eigenvalue weighted by molar-refractivity contribution is -0.143. The van der Waals surface area contributed by atoms with Crippen LogP contribution in [-0.2, 0) is 18.9 Å². The van der Waals surface area contributed by atoms with Crippen molar-refractivity contribution in [1.82, 2.24) is 4.90 Å². The molecule has 12 heteroatoms. The molecule has 2 N–H and O–H groups in total. The number of urea groups is 1. The molecule has 3 rings (SSSR count). The van der Waals surface area contributed by atoms with Crippen molar-refractivity contribution in [3.05, 3.63) is 75.4 Å². The van der Waals surface area contributed by atoms with Crippen LogP contribution in [0.5, 0.6) is 0 Å². The Labute approximate surface area is 203 Å². The lowest BCUT2D eigenvalue weighted by Gasteiger charge is -2.31. The quantitative estimate of drug-likeness (QED) is 0.337. The van der Waals surface area contributed by atoms with Crippen molar-refractivity contribution >= 4 is 6.03 Å². The molecule has 0 aromatic heterocycles. The van der Waals surface area contributed by atoms with Crippen molar-refractivity contribution in [3.8, 4) is 0 Å². The van der Waals surface area contributed by atoms with E-state index in [9.17, 15) is 40.4 Å². The van der Waals surface area contributed by atoms with Crippen LogP contribution in [0.4, 0.5) is 35.5 Å². The van der Waals surface area contributed by atoms with E-state index in [1.807, 2.05) is 12.1 Å². The fourth-order valence-corrected chi connectivity index (χ4v) is 4.16. The third-order valence-corrected chi connectivity index (χ3v) is 5.93. The van der Waals surface area contributed by atoms with Crippen LogP contribution in [0.3, 0.4) is 0 Å². The molecule has 1 saturated carbocycles. The van der Waals surface area contributed by atoms with Crippen LogP contribution in [0.2, 0.25) is 0 Å². The lowest BCUT2D eigenvalue weighted by atomic mass is 9.78. The van der Waals surface area contributed by atoms with Crippen molar-refractivity contribution in [2.45, 2.75) is 50.5 Å². The van der Waals surface area contributed by atoms with Gasteiger partial charge in [-0.3, -0.25) is 0 Å². The summed E-state index contributed by atoms with van der Waals surface area (Å²) in [5.74, 6) is 0.770. The van der Waals surface area contributed by atoms with E-state index in [-0.39, 0.29) is 17.9 Å². The number of nitrogens with zero attached hydrogens (tertiary/aromatic N) is 2. The second kappa shape index (κ2) is 12.2. The molecule has 0 heterocycles. The largest absolute Gasteiger partial charge is 0.416 e. The highest BCUT2D eigenvalue weighted by molar-refractivity contribution is 5.71. The fourth-order valence-electron chi connectivity index (χ4n) is 4.16. The first kappa shape index (κ1) is 29.1. The van der Waals surface area contributed by atoms with Crippen molar-refractivity contribution in [2.24, 2.45) is 16.8 Å². The Balaban J connectivity index is 0.000000255. The Morgan fingerprint density at radius 2 is 1.56 bits per heavy atom. The molecular weight excluding hydrogens is 495 g/mol. The fraction of sp³-hybridized carbons (Fsp3) is 0.458. The molecule has 2 atom stereocenters. The number of carbonyl (C=O) groups is 1. The van der Waals surface area contributed by atoms with Gasteiger partial charge in [0.2, 0.25) is 0 Å². The minimum absolute atomic E-state index is 0.00565. The molecule has 198 valence electrons. The van der Waals surface area contributed by atoms with Crippen molar-refractivity contribution < 1.29 is 35.5 Å². The second-order valence-electron chi connectivity index (χ2n) is 8.70. The third kappa shape index (κ3) is 8.80.